The van der Waals surface area contributed by atoms with Crippen molar-refractivity contribution < 1.29 is 19.1 Å². The summed E-state index contributed by atoms with van der Waals surface area (Å²) < 4.78 is 10.0. The molecule has 7 heteroatoms. The summed E-state index contributed by atoms with van der Waals surface area (Å²) in [6, 6.07) is 2.94. The van der Waals surface area contributed by atoms with Crippen molar-refractivity contribution in [3.63, 3.8) is 0 Å². The summed E-state index contributed by atoms with van der Waals surface area (Å²) >= 11 is 12.2. The first kappa shape index (κ1) is 18.9. The van der Waals surface area contributed by atoms with E-state index in [1.54, 1.807) is 0 Å². The second-order valence-electron chi connectivity index (χ2n) is 6.18. The molecule has 0 spiro atoms. The molecule has 24 heavy (non-hydrogen) atoms. The third-order valence-electron chi connectivity index (χ3n) is 4.52. The van der Waals surface area contributed by atoms with Crippen molar-refractivity contribution in [1.82, 2.24) is 5.32 Å². The van der Waals surface area contributed by atoms with E-state index in [0.717, 1.165) is 12.8 Å². The van der Waals surface area contributed by atoms with Gasteiger partial charge in [-0.3, -0.25) is 4.79 Å². The molecule has 0 bridgehead atoms. The van der Waals surface area contributed by atoms with E-state index in [4.69, 9.17) is 32.7 Å². The van der Waals surface area contributed by atoms with Crippen molar-refractivity contribution in [2.24, 2.45) is 5.92 Å². The van der Waals surface area contributed by atoms with E-state index >= 15 is 0 Å². The number of nitrogens with one attached hydrogen (secondary N) is 1. The minimum Gasteiger partial charge on any atom is -0.494 e. The van der Waals surface area contributed by atoms with Gasteiger partial charge < -0.3 is 14.8 Å². The average molecular weight is 374 g/mol. The maximum absolute atomic E-state index is 12.6. The minimum absolute atomic E-state index is 0.236. The molecule has 0 aliphatic heterocycles. The Labute approximate surface area is 151 Å². The molecular formula is C17H21Cl2NO4. The van der Waals surface area contributed by atoms with Crippen LogP contribution in [0.15, 0.2) is 12.1 Å². The first-order chi connectivity index (χ1) is 11.3. The molecule has 0 radical (unpaired) electrons. The number of halogens is 2. The molecule has 0 aromatic heterocycles. The Morgan fingerprint density at radius 2 is 1.71 bits per heavy atom. The molecule has 0 heterocycles. The molecule has 1 aromatic carbocycles. The van der Waals surface area contributed by atoms with Gasteiger partial charge in [0.15, 0.2) is 5.75 Å². The highest BCUT2D eigenvalue weighted by Crippen LogP contribution is 2.35. The number of ether oxygens (including phenoxy) is 2. The van der Waals surface area contributed by atoms with Gasteiger partial charge in [-0.15, -0.1) is 0 Å². The van der Waals surface area contributed by atoms with Crippen LogP contribution < -0.4 is 10.1 Å². The van der Waals surface area contributed by atoms with Crippen molar-refractivity contribution in [2.45, 2.75) is 38.1 Å². The number of amides is 1. The first-order valence-electron chi connectivity index (χ1n) is 7.77. The lowest BCUT2D eigenvalue weighted by molar-refractivity contribution is -0.150. The van der Waals surface area contributed by atoms with Crippen LogP contribution in [0.5, 0.6) is 5.75 Å². The molecule has 1 saturated carbocycles. The lowest BCUT2D eigenvalue weighted by Gasteiger charge is -2.37. The van der Waals surface area contributed by atoms with Gasteiger partial charge in [-0.1, -0.05) is 30.1 Å². The van der Waals surface area contributed by atoms with Gasteiger partial charge in [0.25, 0.3) is 5.91 Å². The molecule has 1 aromatic rings. The number of carbonyl (C=O) groups is 2. The van der Waals surface area contributed by atoms with Gasteiger partial charge in [0.05, 0.1) is 24.3 Å². The zero-order valence-electron chi connectivity index (χ0n) is 13.9. The molecular weight excluding hydrogens is 353 g/mol. The van der Waals surface area contributed by atoms with E-state index in [0.29, 0.717) is 24.5 Å². The van der Waals surface area contributed by atoms with Crippen molar-refractivity contribution >= 4 is 35.1 Å². The Balaban J connectivity index is 2.27. The molecule has 1 aliphatic carbocycles. The van der Waals surface area contributed by atoms with Crippen LogP contribution in [0.4, 0.5) is 0 Å². The quantitative estimate of drug-likeness (QED) is 0.813. The van der Waals surface area contributed by atoms with Crippen LogP contribution in [0.3, 0.4) is 0 Å². The van der Waals surface area contributed by atoms with Crippen molar-refractivity contribution in [1.29, 1.82) is 0 Å². The predicted molar refractivity (Wildman–Crippen MR) is 92.9 cm³/mol. The Morgan fingerprint density at radius 1 is 1.17 bits per heavy atom. The highest BCUT2D eigenvalue weighted by atomic mass is 35.5. The number of methoxy groups -OCH3 is 2. The molecule has 5 nitrogen and oxygen atoms in total. The third kappa shape index (κ3) is 3.78. The van der Waals surface area contributed by atoms with E-state index in [-0.39, 0.29) is 15.6 Å². The molecule has 1 aliphatic rings. The van der Waals surface area contributed by atoms with Gasteiger partial charge in [-0.05, 0) is 43.7 Å². The molecule has 132 valence electrons. The Morgan fingerprint density at radius 3 is 2.17 bits per heavy atom. The van der Waals surface area contributed by atoms with Gasteiger partial charge in [-0.25, -0.2) is 4.79 Å². The zero-order valence-corrected chi connectivity index (χ0v) is 15.5. The van der Waals surface area contributed by atoms with Gasteiger partial charge in [0.1, 0.15) is 5.54 Å². The van der Waals surface area contributed by atoms with Gasteiger partial charge in [0.2, 0.25) is 0 Å². The fraction of sp³-hybridized carbons (Fsp3) is 0.529. The third-order valence-corrected chi connectivity index (χ3v) is 5.08. The fourth-order valence-corrected chi connectivity index (χ4v) is 3.65. The van der Waals surface area contributed by atoms with Crippen molar-refractivity contribution in [3.8, 4) is 5.75 Å². The largest absolute Gasteiger partial charge is 0.494 e. The zero-order chi connectivity index (χ0) is 17.9. The van der Waals surface area contributed by atoms with Gasteiger partial charge in [0, 0.05) is 5.56 Å². The van der Waals surface area contributed by atoms with E-state index in [1.165, 1.54) is 26.4 Å². The van der Waals surface area contributed by atoms with Crippen molar-refractivity contribution in [3.05, 3.63) is 27.7 Å². The van der Waals surface area contributed by atoms with Gasteiger partial charge in [-0.2, -0.15) is 0 Å². The Kier molecular flexibility index (Phi) is 5.99. The lowest BCUT2D eigenvalue weighted by atomic mass is 9.77. The van der Waals surface area contributed by atoms with Crippen LogP contribution in [0, 0.1) is 5.92 Å². The van der Waals surface area contributed by atoms with Crippen LogP contribution >= 0.6 is 23.2 Å². The van der Waals surface area contributed by atoms with E-state index in [9.17, 15) is 9.59 Å². The minimum atomic E-state index is -1.00. The number of benzene rings is 1. The molecule has 0 saturated heterocycles. The van der Waals surface area contributed by atoms with Crippen LogP contribution in [0.2, 0.25) is 10.0 Å². The van der Waals surface area contributed by atoms with Crippen LogP contribution in [0.1, 0.15) is 43.0 Å². The summed E-state index contributed by atoms with van der Waals surface area (Å²) in [6.07, 6.45) is 2.79. The molecule has 1 fully saturated rings. The highest BCUT2D eigenvalue weighted by molar-refractivity contribution is 6.37. The fourth-order valence-electron chi connectivity index (χ4n) is 3.01. The van der Waals surface area contributed by atoms with Crippen LogP contribution in [-0.2, 0) is 9.53 Å². The summed E-state index contributed by atoms with van der Waals surface area (Å²) in [4.78, 5) is 24.9. The number of esters is 1. The topological polar surface area (TPSA) is 64.6 Å². The normalized spacial score (nSPS) is 23.5. The second kappa shape index (κ2) is 7.62. The number of carbonyl (C=O) groups excluding carboxylic acids is 2. The molecule has 1 N–H and O–H groups in total. The molecule has 0 atom stereocenters. The summed E-state index contributed by atoms with van der Waals surface area (Å²) in [6.45, 7) is 2.13. The number of hydrogen-bond acceptors (Lipinski definition) is 4. The second-order valence-corrected chi connectivity index (χ2v) is 7.00. The van der Waals surface area contributed by atoms with E-state index < -0.39 is 17.4 Å². The molecule has 0 unspecified atom stereocenters. The van der Waals surface area contributed by atoms with E-state index in [1.807, 2.05) is 0 Å². The lowest BCUT2D eigenvalue weighted by Crippen LogP contribution is -2.56. The smallest absolute Gasteiger partial charge is 0.331 e. The van der Waals surface area contributed by atoms with Crippen LogP contribution in [-0.4, -0.2) is 31.6 Å². The summed E-state index contributed by atoms with van der Waals surface area (Å²) in [5.74, 6) is -0.0107. The highest BCUT2D eigenvalue weighted by Gasteiger charge is 2.43. The summed E-state index contributed by atoms with van der Waals surface area (Å²) in [5.41, 5.74) is -0.732. The monoisotopic (exact) mass is 373 g/mol. The van der Waals surface area contributed by atoms with Crippen LogP contribution in [0.25, 0.3) is 0 Å². The summed E-state index contributed by atoms with van der Waals surface area (Å²) in [7, 11) is 2.78. The van der Waals surface area contributed by atoms with Crippen molar-refractivity contribution in [2.75, 3.05) is 14.2 Å². The Bertz CT molecular complexity index is 616. The summed E-state index contributed by atoms with van der Waals surface area (Å²) in [5, 5.41) is 3.31. The Hall–Kier alpha value is -1.46. The van der Waals surface area contributed by atoms with Gasteiger partial charge >= 0.3 is 5.97 Å². The average Bonchev–Trinajstić information content (AvgIpc) is 2.56. The SMILES string of the molecule is COC(=O)C1(NC(=O)c2cc(Cl)c(OC)c(Cl)c2)CCC(C)CC1. The predicted octanol–water partition coefficient (Wildman–Crippen LogP) is 3.85. The number of rotatable bonds is 4. The standard InChI is InChI=1S/C17H21Cl2NO4/c1-10-4-6-17(7-5-10,16(22)24-3)20-15(21)11-8-12(18)14(23-2)13(19)9-11/h8-10H,4-7H2,1-3H3,(H,20,21). The molecule has 1 amide bonds. The molecule has 2 rings (SSSR count). The maximum Gasteiger partial charge on any atom is 0.331 e. The maximum atomic E-state index is 12.6. The first-order valence-corrected chi connectivity index (χ1v) is 8.52. The number of hydrogen-bond donors (Lipinski definition) is 1. The van der Waals surface area contributed by atoms with E-state index in [2.05, 4.69) is 12.2 Å².